The van der Waals surface area contributed by atoms with Crippen LogP contribution in [0.1, 0.15) is 56.9 Å². The van der Waals surface area contributed by atoms with Gasteiger partial charge in [0, 0.05) is 6.54 Å². The van der Waals surface area contributed by atoms with E-state index < -0.39 is 5.60 Å². The number of nitrogens with zero attached hydrogens (tertiary/aromatic N) is 1. The summed E-state index contributed by atoms with van der Waals surface area (Å²) in [4.78, 5) is 14.2. The van der Waals surface area contributed by atoms with Gasteiger partial charge in [0.05, 0.1) is 16.7 Å². The van der Waals surface area contributed by atoms with Crippen LogP contribution in [-0.4, -0.2) is 39.2 Å². The highest BCUT2D eigenvalue weighted by molar-refractivity contribution is 8.00. The fraction of sp³-hybridized carbons (Fsp3) is 0.650. The normalized spacial score (nSPS) is 23.6. The third-order valence-corrected chi connectivity index (χ3v) is 6.72. The highest BCUT2D eigenvalue weighted by atomic mass is 32.2. The lowest BCUT2D eigenvalue weighted by Crippen LogP contribution is -2.40. The van der Waals surface area contributed by atoms with Gasteiger partial charge in [-0.15, -0.1) is 11.8 Å². The molecule has 1 aliphatic carbocycles. The molecule has 1 aromatic carbocycles. The first kappa shape index (κ1) is 17.8. The maximum atomic E-state index is 12.2. The summed E-state index contributed by atoms with van der Waals surface area (Å²) >= 11 is 1.77. The number of rotatable bonds is 7. The van der Waals surface area contributed by atoms with Crippen molar-refractivity contribution in [3.05, 3.63) is 35.9 Å². The zero-order chi connectivity index (χ0) is 16.8. The van der Waals surface area contributed by atoms with Crippen LogP contribution in [0.5, 0.6) is 0 Å². The smallest absolute Gasteiger partial charge is 0.233 e. The molecule has 1 saturated heterocycles. The first-order chi connectivity index (χ1) is 11.7. The highest BCUT2D eigenvalue weighted by Crippen LogP contribution is 2.34. The van der Waals surface area contributed by atoms with Crippen molar-refractivity contribution in [1.29, 1.82) is 0 Å². The quantitative estimate of drug-likeness (QED) is 0.810. The Balaban J connectivity index is 1.47. The number of hydrogen-bond donors (Lipinski definition) is 1. The molecule has 2 aliphatic rings. The Morgan fingerprint density at radius 3 is 2.67 bits per heavy atom. The Bertz CT molecular complexity index is 528. The standard InChI is InChI=1S/C20H29NO2S/c22-18-16-24-19(11-7-10-17-8-3-1-4-9-17)21(18)15-14-20(23)12-5-2-6-13-20/h1,3-4,8-9,19,23H,2,5-7,10-16H2. The molecule has 0 spiro atoms. The van der Waals surface area contributed by atoms with Gasteiger partial charge in [-0.25, -0.2) is 0 Å². The monoisotopic (exact) mass is 347 g/mol. The van der Waals surface area contributed by atoms with E-state index in [9.17, 15) is 9.90 Å². The molecule has 1 heterocycles. The van der Waals surface area contributed by atoms with E-state index in [1.54, 1.807) is 11.8 Å². The maximum absolute atomic E-state index is 12.2. The van der Waals surface area contributed by atoms with E-state index in [1.165, 1.54) is 12.0 Å². The second-order valence-corrected chi connectivity index (χ2v) is 8.43. The van der Waals surface area contributed by atoms with Gasteiger partial charge in [-0.05, 0) is 44.1 Å². The number of aliphatic hydroxyl groups is 1. The average molecular weight is 348 g/mol. The molecule has 1 aromatic rings. The SMILES string of the molecule is O=C1CSC(CCCc2ccccc2)N1CCC1(O)CCCCC1. The Labute approximate surface area is 149 Å². The predicted octanol–water partition coefficient (Wildman–Crippen LogP) is 4.00. The van der Waals surface area contributed by atoms with Crippen molar-refractivity contribution in [2.45, 2.75) is 68.8 Å². The first-order valence-corrected chi connectivity index (χ1v) is 10.4. The molecule has 0 bridgehead atoms. The lowest BCUT2D eigenvalue weighted by molar-refractivity contribution is -0.129. The van der Waals surface area contributed by atoms with Crippen molar-refractivity contribution in [3.63, 3.8) is 0 Å². The Hall–Kier alpha value is -1.00. The molecule has 1 amide bonds. The summed E-state index contributed by atoms with van der Waals surface area (Å²) in [5.74, 6) is 0.859. The molecule has 2 fully saturated rings. The van der Waals surface area contributed by atoms with Gasteiger partial charge < -0.3 is 10.0 Å². The van der Waals surface area contributed by atoms with E-state index in [4.69, 9.17) is 0 Å². The molecule has 1 saturated carbocycles. The van der Waals surface area contributed by atoms with E-state index >= 15 is 0 Å². The third-order valence-electron chi connectivity index (χ3n) is 5.43. The fourth-order valence-electron chi connectivity index (χ4n) is 3.92. The van der Waals surface area contributed by atoms with Gasteiger partial charge in [0.1, 0.15) is 0 Å². The van der Waals surface area contributed by atoms with E-state index in [1.807, 2.05) is 11.0 Å². The molecule has 132 valence electrons. The van der Waals surface area contributed by atoms with Gasteiger partial charge in [-0.3, -0.25) is 4.79 Å². The average Bonchev–Trinajstić information content (AvgIpc) is 2.95. The van der Waals surface area contributed by atoms with Crippen molar-refractivity contribution in [3.8, 4) is 0 Å². The Morgan fingerprint density at radius 2 is 1.92 bits per heavy atom. The molecular formula is C20H29NO2S. The predicted molar refractivity (Wildman–Crippen MR) is 100.0 cm³/mol. The minimum atomic E-state index is -0.527. The number of aryl methyl sites for hydroxylation is 1. The van der Waals surface area contributed by atoms with Gasteiger partial charge in [0.2, 0.25) is 5.91 Å². The summed E-state index contributed by atoms with van der Waals surface area (Å²) in [6, 6.07) is 10.6. The fourth-order valence-corrected chi connectivity index (χ4v) is 5.16. The topological polar surface area (TPSA) is 40.5 Å². The van der Waals surface area contributed by atoms with Crippen LogP contribution in [-0.2, 0) is 11.2 Å². The second kappa shape index (κ2) is 8.39. The molecule has 1 unspecified atom stereocenters. The number of thioether (sulfide) groups is 1. The van der Waals surface area contributed by atoms with Gasteiger partial charge in [0.15, 0.2) is 0 Å². The van der Waals surface area contributed by atoms with Crippen molar-refractivity contribution < 1.29 is 9.90 Å². The molecule has 1 N–H and O–H groups in total. The Morgan fingerprint density at radius 1 is 1.17 bits per heavy atom. The van der Waals surface area contributed by atoms with Crippen molar-refractivity contribution >= 4 is 17.7 Å². The summed E-state index contributed by atoms with van der Waals surface area (Å²) in [5, 5.41) is 11.0. The molecule has 0 radical (unpaired) electrons. The molecule has 0 aromatic heterocycles. The van der Waals surface area contributed by atoms with Gasteiger partial charge in [0.25, 0.3) is 0 Å². The van der Waals surface area contributed by atoms with Crippen LogP contribution in [0.2, 0.25) is 0 Å². The van der Waals surface area contributed by atoms with E-state index in [0.29, 0.717) is 11.1 Å². The van der Waals surface area contributed by atoms with Crippen LogP contribution in [0.4, 0.5) is 0 Å². The van der Waals surface area contributed by atoms with Crippen molar-refractivity contribution in [2.75, 3.05) is 12.3 Å². The minimum absolute atomic E-state index is 0.254. The summed E-state index contributed by atoms with van der Waals surface area (Å²) in [6.07, 6.45) is 9.27. The highest BCUT2D eigenvalue weighted by Gasteiger charge is 2.35. The molecule has 1 atom stereocenters. The molecule has 24 heavy (non-hydrogen) atoms. The van der Waals surface area contributed by atoms with Crippen molar-refractivity contribution in [1.82, 2.24) is 4.90 Å². The third kappa shape index (κ3) is 4.76. The summed E-state index contributed by atoms with van der Waals surface area (Å²) < 4.78 is 0. The molecule has 4 heteroatoms. The number of carbonyl (C=O) groups is 1. The largest absolute Gasteiger partial charge is 0.390 e. The number of benzene rings is 1. The van der Waals surface area contributed by atoms with Crippen LogP contribution in [0, 0.1) is 0 Å². The van der Waals surface area contributed by atoms with E-state index in [0.717, 1.165) is 57.9 Å². The molecule has 3 nitrogen and oxygen atoms in total. The lowest BCUT2D eigenvalue weighted by atomic mass is 9.82. The van der Waals surface area contributed by atoms with Gasteiger partial charge in [-0.1, -0.05) is 49.6 Å². The van der Waals surface area contributed by atoms with Crippen LogP contribution >= 0.6 is 11.8 Å². The van der Waals surface area contributed by atoms with Crippen LogP contribution < -0.4 is 0 Å². The summed E-state index contributed by atoms with van der Waals surface area (Å²) in [6.45, 7) is 0.721. The second-order valence-electron chi connectivity index (χ2n) is 7.27. The zero-order valence-electron chi connectivity index (χ0n) is 14.5. The van der Waals surface area contributed by atoms with Crippen LogP contribution in [0.3, 0.4) is 0 Å². The molecule has 1 aliphatic heterocycles. The number of hydrogen-bond acceptors (Lipinski definition) is 3. The van der Waals surface area contributed by atoms with Crippen LogP contribution in [0.25, 0.3) is 0 Å². The van der Waals surface area contributed by atoms with E-state index in [2.05, 4.69) is 24.3 Å². The minimum Gasteiger partial charge on any atom is -0.390 e. The van der Waals surface area contributed by atoms with Crippen LogP contribution in [0.15, 0.2) is 30.3 Å². The number of amides is 1. The number of carbonyl (C=O) groups excluding carboxylic acids is 1. The lowest BCUT2D eigenvalue weighted by Gasteiger charge is -2.34. The first-order valence-electron chi connectivity index (χ1n) is 9.34. The molecular weight excluding hydrogens is 318 g/mol. The van der Waals surface area contributed by atoms with Gasteiger partial charge in [-0.2, -0.15) is 0 Å². The molecule has 3 rings (SSSR count). The maximum Gasteiger partial charge on any atom is 0.233 e. The zero-order valence-corrected chi connectivity index (χ0v) is 15.3. The van der Waals surface area contributed by atoms with Crippen molar-refractivity contribution in [2.24, 2.45) is 0 Å². The Kier molecular flexibility index (Phi) is 6.23. The van der Waals surface area contributed by atoms with E-state index in [-0.39, 0.29) is 5.91 Å². The summed E-state index contributed by atoms with van der Waals surface area (Å²) in [5.41, 5.74) is 0.843. The summed E-state index contributed by atoms with van der Waals surface area (Å²) in [7, 11) is 0. The van der Waals surface area contributed by atoms with Gasteiger partial charge >= 0.3 is 0 Å².